The molecule has 0 atom stereocenters. The topological polar surface area (TPSA) is 116 Å². The lowest BCUT2D eigenvalue weighted by Crippen LogP contribution is -2.14. The number of hydrogen-bond donors (Lipinski definition) is 1. The number of nitro benzene ring substituents is 1. The monoisotopic (exact) mass is 388 g/mol. The Balaban J connectivity index is 1.64. The van der Waals surface area contributed by atoms with Gasteiger partial charge in [0.15, 0.2) is 11.0 Å². The number of halogens is 1. The van der Waals surface area contributed by atoms with Crippen molar-refractivity contribution in [2.75, 3.05) is 11.1 Å². The number of anilines is 1. The third-order valence-corrected chi connectivity index (χ3v) is 4.55. The van der Waals surface area contributed by atoms with E-state index in [-0.39, 0.29) is 11.4 Å². The van der Waals surface area contributed by atoms with Gasteiger partial charge in [0.1, 0.15) is 0 Å². The number of rotatable bonds is 6. The molecule has 0 aliphatic carbocycles. The first kappa shape index (κ1) is 18.5. The molecular weight excluding hydrogens is 375 g/mol. The number of nitro groups is 1. The summed E-state index contributed by atoms with van der Waals surface area (Å²) in [4.78, 5) is 25.9. The molecule has 0 saturated carbocycles. The summed E-state index contributed by atoms with van der Waals surface area (Å²) in [6, 6.07) is 6.76. The van der Waals surface area contributed by atoms with Gasteiger partial charge < -0.3 is 9.88 Å². The van der Waals surface area contributed by atoms with Crippen LogP contribution in [0.15, 0.2) is 47.9 Å². The van der Waals surface area contributed by atoms with Gasteiger partial charge >= 0.3 is 5.69 Å². The third kappa shape index (κ3) is 4.26. The highest BCUT2D eigenvalue weighted by molar-refractivity contribution is 7.99. The highest BCUT2D eigenvalue weighted by atomic mass is 32.2. The van der Waals surface area contributed by atoms with E-state index >= 15 is 0 Å². The second kappa shape index (κ2) is 7.91. The van der Waals surface area contributed by atoms with Crippen molar-refractivity contribution in [2.45, 2.75) is 5.16 Å². The van der Waals surface area contributed by atoms with Gasteiger partial charge in [0.05, 0.1) is 10.7 Å². The molecule has 0 aliphatic heterocycles. The van der Waals surface area contributed by atoms with E-state index in [4.69, 9.17) is 0 Å². The van der Waals surface area contributed by atoms with Crippen molar-refractivity contribution in [3.05, 3.63) is 58.7 Å². The first-order chi connectivity index (χ1) is 13.0. The minimum absolute atomic E-state index is 0.00743. The van der Waals surface area contributed by atoms with Gasteiger partial charge in [-0.2, -0.15) is 4.39 Å². The fraction of sp³-hybridized carbons (Fsp3) is 0.125. The molecule has 138 valence electrons. The summed E-state index contributed by atoms with van der Waals surface area (Å²) >= 11 is 1.16. The van der Waals surface area contributed by atoms with Crippen LogP contribution in [0.3, 0.4) is 0 Å². The lowest BCUT2D eigenvalue weighted by Gasteiger charge is -2.06. The summed E-state index contributed by atoms with van der Waals surface area (Å²) in [5, 5.41) is 21.9. The maximum Gasteiger partial charge on any atom is 0.306 e. The zero-order chi connectivity index (χ0) is 19.4. The second-order valence-electron chi connectivity index (χ2n) is 5.36. The molecule has 1 amide bonds. The van der Waals surface area contributed by atoms with Crippen molar-refractivity contribution in [3.63, 3.8) is 0 Å². The average molecular weight is 388 g/mol. The Kier molecular flexibility index (Phi) is 5.41. The first-order valence-corrected chi connectivity index (χ1v) is 8.60. The lowest BCUT2D eigenvalue weighted by molar-refractivity contribution is -0.387. The van der Waals surface area contributed by atoms with Crippen molar-refractivity contribution in [1.82, 2.24) is 19.7 Å². The predicted molar refractivity (Wildman–Crippen MR) is 96.6 cm³/mol. The molecule has 0 spiro atoms. The smallest absolute Gasteiger partial charge is 0.306 e. The number of hydrogen-bond acceptors (Lipinski definition) is 7. The standard InChI is InChI=1S/C16H13FN6O3S/c1-22-15(10-4-6-18-7-5-10)20-21-16(22)27-9-14(24)19-11-2-3-12(17)13(8-11)23(25)26/h2-8H,9H2,1H3,(H,19,24). The van der Waals surface area contributed by atoms with E-state index < -0.39 is 22.3 Å². The minimum Gasteiger partial charge on any atom is -0.325 e. The maximum atomic E-state index is 13.3. The quantitative estimate of drug-likeness (QED) is 0.392. The number of thioether (sulfide) groups is 1. The van der Waals surface area contributed by atoms with Crippen LogP contribution in [-0.4, -0.2) is 36.3 Å². The van der Waals surface area contributed by atoms with Gasteiger partial charge in [-0.1, -0.05) is 11.8 Å². The highest BCUT2D eigenvalue weighted by Crippen LogP contribution is 2.24. The molecule has 0 saturated heterocycles. The number of nitrogens with zero attached hydrogens (tertiary/aromatic N) is 5. The molecule has 2 aromatic heterocycles. The number of benzene rings is 1. The molecule has 1 aromatic carbocycles. The lowest BCUT2D eigenvalue weighted by atomic mass is 10.2. The molecule has 1 N–H and O–H groups in total. The normalized spacial score (nSPS) is 10.6. The van der Waals surface area contributed by atoms with Gasteiger partial charge in [-0.15, -0.1) is 10.2 Å². The van der Waals surface area contributed by atoms with Gasteiger partial charge in [-0.25, -0.2) is 0 Å². The summed E-state index contributed by atoms with van der Waals surface area (Å²) in [6.07, 6.45) is 3.29. The van der Waals surface area contributed by atoms with Crippen LogP contribution in [0.4, 0.5) is 15.8 Å². The van der Waals surface area contributed by atoms with Gasteiger partial charge in [0.25, 0.3) is 0 Å². The molecule has 3 aromatic rings. The number of aromatic nitrogens is 4. The second-order valence-corrected chi connectivity index (χ2v) is 6.30. The van der Waals surface area contributed by atoms with Crippen molar-refractivity contribution in [2.24, 2.45) is 7.05 Å². The van der Waals surface area contributed by atoms with Crippen molar-refractivity contribution in [3.8, 4) is 11.4 Å². The number of pyridine rings is 1. The van der Waals surface area contributed by atoms with Crippen LogP contribution < -0.4 is 5.32 Å². The molecule has 0 radical (unpaired) electrons. The fourth-order valence-electron chi connectivity index (χ4n) is 2.25. The summed E-state index contributed by atoms with van der Waals surface area (Å²) in [5.41, 5.74) is 0.287. The van der Waals surface area contributed by atoms with E-state index in [2.05, 4.69) is 20.5 Å². The average Bonchev–Trinajstić information content (AvgIpc) is 3.02. The molecule has 11 heteroatoms. The van der Waals surface area contributed by atoms with Crippen molar-refractivity contribution in [1.29, 1.82) is 0 Å². The Morgan fingerprint density at radius 3 is 2.74 bits per heavy atom. The molecule has 0 unspecified atom stereocenters. The summed E-state index contributed by atoms with van der Waals surface area (Å²) < 4.78 is 15.1. The van der Waals surface area contributed by atoms with E-state index in [0.29, 0.717) is 11.0 Å². The Morgan fingerprint density at radius 1 is 1.30 bits per heavy atom. The Morgan fingerprint density at radius 2 is 2.04 bits per heavy atom. The van der Waals surface area contributed by atoms with Crippen LogP contribution in [0.2, 0.25) is 0 Å². The minimum atomic E-state index is -0.963. The van der Waals surface area contributed by atoms with Crippen LogP contribution in [0.5, 0.6) is 0 Å². The van der Waals surface area contributed by atoms with Crippen LogP contribution in [-0.2, 0) is 11.8 Å². The number of carbonyl (C=O) groups excluding carboxylic acids is 1. The van der Waals surface area contributed by atoms with E-state index in [9.17, 15) is 19.3 Å². The highest BCUT2D eigenvalue weighted by Gasteiger charge is 2.16. The van der Waals surface area contributed by atoms with Crippen LogP contribution in [0.1, 0.15) is 0 Å². The van der Waals surface area contributed by atoms with E-state index in [1.165, 1.54) is 6.07 Å². The van der Waals surface area contributed by atoms with Crippen LogP contribution in [0.25, 0.3) is 11.4 Å². The Bertz CT molecular complexity index is 995. The van der Waals surface area contributed by atoms with Gasteiger partial charge in [0, 0.05) is 36.8 Å². The Labute approximate surface area is 156 Å². The number of nitrogens with one attached hydrogen (secondary N) is 1. The molecule has 2 heterocycles. The molecule has 9 nitrogen and oxygen atoms in total. The van der Waals surface area contributed by atoms with Gasteiger partial charge in [-0.05, 0) is 24.3 Å². The molecular formula is C16H13FN6O3S. The van der Waals surface area contributed by atoms with Crippen LogP contribution >= 0.6 is 11.8 Å². The third-order valence-electron chi connectivity index (χ3n) is 3.53. The van der Waals surface area contributed by atoms with Crippen LogP contribution in [0, 0.1) is 15.9 Å². The Hall–Kier alpha value is -3.34. The summed E-state index contributed by atoms with van der Waals surface area (Å²) in [7, 11) is 1.78. The molecule has 0 fully saturated rings. The largest absolute Gasteiger partial charge is 0.325 e. The number of amides is 1. The SMILES string of the molecule is Cn1c(SCC(=O)Nc2ccc(F)c([N+](=O)[O-])c2)nnc1-c1ccncc1. The predicted octanol–water partition coefficient (Wildman–Crippen LogP) is 2.66. The fourth-order valence-corrected chi connectivity index (χ4v) is 2.96. The molecule has 27 heavy (non-hydrogen) atoms. The molecule has 0 bridgehead atoms. The van der Waals surface area contributed by atoms with Crippen molar-refractivity contribution >= 4 is 29.0 Å². The van der Waals surface area contributed by atoms with Gasteiger partial charge in [-0.3, -0.25) is 19.9 Å². The summed E-state index contributed by atoms with van der Waals surface area (Å²) in [6.45, 7) is 0. The van der Waals surface area contributed by atoms with E-state index in [1.54, 1.807) is 36.1 Å². The van der Waals surface area contributed by atoms with E-state index in [0.717, 1.165) is 29.5 Å². The zero-order valence-electron chi connectivity index (χ0n) is 14.0. The molecule has 3 rings (SSSR count). The van der Waals surface area contributed by atoms with Crippen molar-refractivity contribution < 1.29 is 14.1 Å². The first-order valence-electron chi connectivity index (χ1n) is 7.62. The van der Waals surface area contributed by atoms with E-state index in [1.807, 2.05) is 0 Å². The molecule has 0 aliphatic rings. The summed E-state index contributed by atoms with van der Waals surface area (Å²) in [5.74, 6) is -0.730. The zero-order valence-corrected chi connectivity index (χ0v) is 14.8. The number of carbonyl (C=O) groups is 1. The maximum absolute atomic E-state index is 13.3. The van der Waals surface area contributed by atoms with Gasteiger partial charge in [0.2, 0.25) is 11.7 Å².